The van der Waals surface area contributed by atoms with Gasteiger partial charge in [-0.05, 0) is 54.6 Å². The van der Waals surface area contributed by atoms with E-state index in [0.717, 1.165) is 17.9 Å². The number of thioether (sulfide) groups is 1. The number of nitriles is 1. The molecule has 120 valence electrons. The topological polar surface area (TPSA) is 32.6 Å². The molecule has 0 unspecified atom stereocenters. The van der Waals surface area contributed by atoms with Crippen molar-refractivity contribution in [1.82, 2.24) is 4.57 Å². The van der Waals surface area contributed by atoms with Crippen LogP contribution in [0.25, 0.3) is 16.9 Å². The summed E-state index contributed by atoms with van der Waals surface area (Å²) in [6.45, 7) is 1.04. The lowest BCUT2D eigenvalue weighted by Gasteiger charge is -2.10. The molecule has 0 aliphatic carbocycles. The van der Waals surface area contributed by atoms with Crippen LogP contribution in [0.4, 0.5) is 0 Å². The molecule has 1 aliphatic rings. The van der Waals surface area contributed by atoms with Crippen LogP contribution in [-0.4, -0.2) is 10.3 Å². The summed E-state index contributed by atoms with van der Waals surface area (Å²) in [5, 5.41) is 10.3. The molecule has 0 saturated carbocycles. The number of hydrogen-bond donors (Lipinski definition) is 0. The molecule has 0 bridgehead atoms. The van der Waals surface area contributed by atoms with Crippen LogP contribution in [0, 0.1) is 11.3 Å². The summed E-state index contributed by atoms with van der Waals surface area (Å²) in [6.07, 6.45) is 3.40. The lowest BCUT2D eigenvalue weighted by molar-refractivity contribution is -0.724. The van der Waals surface area contributed by atoms with Crippen molar-refractivity contribution < 1.29 is 21.5 Å². The molecule has 0 atom stereocenters. The summed E-state index contributed by atoms with van der Waals surface area (Å²) in [7, 11) is 0. The Morgan fingerprint density at radius 3 is 2.50 bits per heavy atom. The summed E-state index contributed by atoms with van der Waals surface area (Å²) < 4.78 is 4.67. The van der Waals surface area contributed by atoms with Crippen LogP contribution in [-0.2, 0) is 6.54 Å². The molecule has 5 heteroatoms. The monoisotopic (exact) mass is 397 g/mol. The molecule has 3 aromatic rings. The van der Waals surface area contributed by atoms with Crippen LogP contribution in [0.2, 0.25) is 0 Å². The molecule has 0 spiro atoms. The molecular weight excluding hydrogens is 382 g/mol. The van der Waals surface area contributed by atoms with E-state index in [4.69, 9.17) is 5.26 Å². The maximum atomic E-state index is 8.98. The fourth-order valence-corrected chi connectivity index (χ4v) is 4.05. The van der Waals surface area contributed by atoms with Crippen LogP contribution < -0.4 is 21.5 Å². The van der Waals surface area contributed by atoms with Gasteiger partial charge in [0.25, 0.3) is 0 Å². The molecule has 0 saturated heterocycles. The van der Waals surface area contributed by atoms with Crippen molar-refractivity contribution in [2.75, 3.05) is 5.75 Å². The second-order valence-corrected chi connectivity index (χ2v) is 6.61. The van der Waals surface area contributed by atoms with Crippen molar-refractivity contribution in [3.8, 4) is 23.0 Å². The number of benzene rings is 2. The van der Waals surface area contributed by atoms with Gasteiger partial charge in [-0.1, -0.05) is 18.2 Å². The van der Waals surface area contributed by atoms with Crippen LogP contribution in [0.5, 0.6) is 0 Å². The number of nitrogens with zero attached hydrogens (tertiary/aromatic N) is 3. The largest absolute Gasteiger partial charge is 1.00 e. The van der Waals surface area contributed by atoms with Crippen molar-refractivity contribution in [1.29, 1.82) is 5.26 Å². The van der Waals surface area contributed by atoms with E-state index in [0.29, 0.717) is 5.56 Å². The maximum Gasteiger partial charge on any atom is 0.323 e. The summed E-state index contributed by atoms with van der Waals surface area (Å²) in [5.74, 6) is 1.16. The van der Waals surface area contributed by atoms with E-state index in [2.05, 4.69) is 45.7 Å². The second kappa shape index (κ2) is 7.25. The first-order valence-corrected chi connectivity index (χ1v) is 8.69. The first kappa shape index (κ1) is 16.8. The Hall–Kier alpha value is -2.03. The van der Waals surface area contributed by atoms with Gasteiger partial charge >= 0.3 is 5.16 Å². The standard InChI is InChI=1S/C19H16N3S.BrH/c20-13-15-7-9-16(10-8-15)18-14-22(17-5-2-1-3-6-17)19-21(18)11-4-12-23-19;/h1-3,5-10,14H,4,11-12H2;1H/q+1;/p-1. The average molecular weight is 398 g/mol. The Morgan fingerprint density at radius 1 is 1.04 bits per heavy atom. The van der Waals surface area contributed by atoms with E-state index in [9.17, 15) is 0 Å². The molecule has 24 heavy (non-hydrogen) atoms. The van der Waals surface area contributed by atoms with Crippen molar-refractivity contribution in [2.45, 2.75) is 18.1 Å². The lowest BCUT2D eigenvalue weighted by atomic mass is 10.1. The molecule has 1 aliphatic heterocycles. The highest BCUT2D eigenvalue weighted by atomic mass is 79.9. The van der Waals surface area contributed by atoms with E-state index in [1.165, 1.54) is 23.0 Å². The predicted molar refractivity (Wildman–Crippen MR) is 91.5 cm³/mol. The third-order valence-corrected chi connectivity index (χ3v) is 5.25. The number of aromatic nitrogens is 2. The molecule has 4 rings (SSSR count). The fraction of sp³-hybridized carbons (Fsp3) is 0.158. The average Bonchev–Trinajstić information content (AvgIpc) is 3.02. The number of imidazole rings is 1. The highest BCUT2D eigenvalue weighted by molar-refractivity contribution is 7.99. The van der Waals surface area contributed by atoms with Crippen LogP contribution in [0.15, 0.2) is 66.0 Å². The normalized spacial score (nSPS) is 12.8. The third-order valence-electron chi connectivity index (χ3n) is 4.08. The minimum Gasteiger partial charge on any atom is -1.00 e. The number of rotatable bonds is 2. The number of hydrogen-bond acceptors (Lipinski definition) is 2. The Labute approximate surface area is 156 Å². The predicted octanol–water partition coefficient (Wildman–Crippen LogP) is 0.803. The quantitative estimate of drug-likeness (QED) is 0.599. The van der Waals surface area contributed by atoms with E-state index < -0.39 is 0 Å². The number of fused-ring (bicyclic) bond motifs is 1. The van der Waals surface area contributed by atoms with Gasteiger partial charge in [0.2, 0.25) is 0 Å². The Balaban J connectivity index is 0.00000169. The Morgan fingerprint density at radius 2 is 1.79 bits per heavy atom. The minimum atomic E-state index is 0. The van der Waals surface area contributed by atoms with Crippen LogP contribution in [0.1, 0.15) is 12.0 Å². The lowest BCUT2D eigenvalue weighted by Crippen LogP contribution is -3.00. The number of para-hydroxylation sites is 1. The van der Waals surface area contributed by atoms with Crippen molar-refractivity contribution in [2.24, 2.45) is 0 Å². The summed E-state index contributed by atoms with van der Waals surface area (Å²) in [5.41, 5.74) is 4.25. The minimum absolute atomic E-state index is 0. The van der Waals surface area contributed by atoms with E-state index in [-0.39, 0.29) is 17.0 Å². The smallest absolute Gasteiger partial charge is 0.323 e. The van der Waals surface area contributed by atoms with Gasteiger partial charge in [-0.25, -0.2) is 4.57 Å². The Kier molecular flexibility index (Phi) is 5.08. The summed E-state index contributed by atoms with van der Waals surface area (Å²) in [6, 6.07) is 20.5. The zero-order valence-corrected chi connectivity index (χ0v) is 15.4. The van der Waals surface area contributed by atoms with Crippen molar-refractivity contribution in [3.05, 3.63) is 66.4 Å². The molecule has 1 aromatic heterocycles. The van der Waals surface area contributed by atoms with Gasteiger partial charge in [0.05, 0.1) is 18.2 Å². The molecule has 2 aromatic carbocycles. The van der Waals surface area contributed by atoms with Gasteiger partial charge in [-0.3, -0.25) is 0 Å². The first-order valence-electron chi connectivity index (χ1n) is 7.71. The highest BCUT2D eigenvalue weighted by Gasteiger charge is 2.28. The molecular formula is C19H16BrN3S. The van der Waals surface area contributed by atoms with Crippen LogP contribution >= 0.6 is 11.8 Å². The fourth-order valence-electron chi connectivity index (χ4n) is 2.95. The zero-order valence-electron chi connectivity index (χ0n) is 13.0. The van der Waals surface area contributed by atoms with Gasteiger partial charge in [0.1, 0.15) is 11.9 Å². The highest BCUT2D eigenvalue weighted by Crippen LogP contribution is 2.28. The summed E-state index contributed by atoms with van der Waals surface area (Å²) in [4.78, 5) is 0. The molecule has 0 amide bonds. The first-order chi connectivity index (χ1) is 11.4. The third kappa shape index (κ3) is 3.00. The maximum absolute atomic E-state index is 8.98. The van der Waals surface area contributed by atoms with Crippen molar-refractivity contribution in [3.63, 3.8) is 0 Å². The molecule has 3 nitrogen and oxygen atoms in total. The molecule has 0 N–H and O–H groups in total. The van der Waals surface area contributed by atoms with E-state index in [1.54, 1.807) is 0 Å². The summed E-state index contributed by atoms with van der Waals surface area (Å²) >= 11 is 1.91. The van der Waals surface area contributed by atoms with Gasteiger partial charge in [0, 0.05) is 11.3 Å². The Bertz CT molecular complexity index is 879. The van der Waals surface area contributed by atoms with Gasteiger partial charge in [-0.2, -0.15) is 9.83 Å². The van der Waals surface area contributed by atoms with E-state index in [1.807, 2.05) is 42.1 Å². The molecule has 0 radical (unpaired) electrons. The van der Waals surface area contributed by atoms with Gasteiger partial charge in [0.15, 0.2) is 5.69 Å². The van der Waals surface area contributed by atoms with Crippen molar-refractivity contribution >= 4 is 11.8 Å². The molecule has 0 fully saturated rings. The van der Waals surface area contributed by atoms with Gasteiger partial charge < -0.3 is 17.0 Å². The van der Waals surface area contributed by atoms with Crippen LogP contribution in [0.3, 0.4) is 0 Å². The van der Waals surface area contributed by atoms with E-state index >= 15 is 0 Å². The zero-order chi connectivity index (χ0) is 15.6. The molecule has 2 heterocycles. The second-order valence-electron chi connectivity index (χ2n) is 5.55. The van der Waals surface area contributed by atoms with Gasteiger partial charge in [-0.15, -0.1) is 0 Å². The SMILES string of the molecule is N#Cc1ccc(-c2cn(-c3ccccc3)c3[n+]2CCCS3)cc1.[Br-]. The number of halogens is 1.